The summed E-state index contributed by atoms with van der Waals surface area (Å²) in [7, 11) is 0. The van der Waals surface area contributed by atoms with Crippen LogP contribution in [0.4, 0.5) is 0 Å². The van der Waals surface area contributed by atoms with E-state index in [4.69, 9.17) is 39.9 Å². The molecule has 19 aromatic rings. The molecule has 0 fully saturated rings. The van der Waals surface area contributed by atoms with E-state index < -0.39 is 0 Å². The molecule has 0 atom stereocenters. The van der Waals surface area contributed by atoms with Crippen molar-refractivity contribution < 1.29 is 0 Å². The fraction of sp³-hybridized carbons (Fsp3) is 0. The highest BCUT2D eigenvalue weighted by Gasteiger charge is 2.37. The SMILES string of the molecule is c1ccc(-c2cc(-c3c(-c4nc(-c5ccccc5)nc(-c5ccccc5)n4)c(-n4c5ccccc5c5cnccc54)c(-n4c5ccccc5c5cnccc54)c(-n4c5ccccc5c5cnccc54)c3-n3c4ccccc4c4cnccc43)cc(-c3ccccc3)n2)cc1. The Morgan fingerprint density at radius 3 is 0.830 bits per heavy atom. The first kappa shape index (κ1) is 52.8. The number of pyridine rings is 5. The van der Waals surface area contributed by atoms with Crippen LogP contribution in [0, 0.1) is 0 Å². The topological polar surface area (TPSA) is 123 Å². The Kier molecular flexibility index (Phi) is 12.0. The number of nitrogens with zero attached hydrogens (tertiary/aromatic N) is 12. The highest BCUT2D eigenvalue weighted by molar-refractivity contribution is 6.18. The van der Waals surface area contributed by atoms with Gasteiger partial charge in [0.2, 0.25) is 0 Å². The number of fused-ring (bicyclic) bond motifs is 12. The summed E-state index contributed by atoms with van der Waals surface area (Å²) in [5, 5.41) is 8.04. The van der Waals surface area contributed by atoms with Crippen LogP contribution in [0.1, 0.15) is 0 Å². The Hall–Kier alpha value is -13.1. The van der Waals surface area contributed by atoms with E-state index in [1.165, 1.54) is 0 Å². The van der Waals surface area contributed by atoms with Gasteiger partial charge in [0.25, 0.3) is 0 Å². The fourth-order valence-electron chi connectivity index (χ4n) is 14.4. The molecule has 0 unspecified atom stereocenters. The molecule has 0 bridgehead atoms. The van der Waals surface area contributed by atoms with Crippen LogP contribution in [0.3, 0.4) is 0 Å². The standard InChI is InChI=1S/C82H50N12/c1-5-21-51(22-6-1)64-45-55(46-65(87-64)52-23-7-2-8-24-52)74-75(82-89-80(53-25-9-3-10-26-53)88-81(90-82)54-27-11-4-12-28-54)77(92-67-34-18-14-30-57(67)61-48-84-42-38-71(61)92)79(94-69-36-20-16-32-59(69)63-50-86-44-40-73(63)94)78(93-68-35-19-15-31-58(68)62-49-85-43-39-72(62)93)76(74)91-66-33-17-13-29-56(66)60-47-83-41-37-70(60)91/h1-50H. The van der Waals surface area contributed by atoms with Crippen LogP contribution in [-0.4, -0.2) is 58.1 Å². The van der Waals surface area contributed by atoms with Crippen LogP contribution in [0.5, 0.6) is 0 Å². The smallest absolute Gasteiger partial charge is 0.166 e. The molecule has 19 rings (SSSR count). The molecular weight excluding hydrogens is 1150 g/mol. The number of hydrogen-bond acceptors (Lipinski definition) is 8. The lowest BCUT2D eigenvalue weighted by molar-refractivity contribution is 1.01. The first-order valence-corrected chi connectivity index (χ1v) is 31.3. The van der Waals surface area contributed by atoms with E-state index >= 15 is 0 Å². The second-order valence-electron chi connectivity index (χ2n) is 23.5. The van der Waals surface area contributed by atoms with Gasteiger partial charge in [-0.2, -0.15) is 0 Å². The van der Waals surface area contributed by atoms with Crippen LogP contribution in [0.2, 0.25) is 0 Å². The Balaban J connectivity index is 1.19. The first-order valence-electron chi connectivity index (χ1n) is 31.3. The lowest BCUT2D eigenvalue weighted by Crippen LogP contribution is -2.17. The van der Waals surface area contributed by atoms with Gasteiger partial charge in [-0.1, -0.05) is 194 Å². The van der Waals surface area contributed by atoms with Gasteiger partial charge in [-0.05, 0) is 66.2 Å². The molecule has 12 heteroatoms. The molecule has 10 aromatic heterocycles. The summed E-state index contributed by atoms with van der Waals surface area (Å²) in [6.45, 7) is 0. The maximum atomic E-state index is 5.95. The Morgan fingerprint density at radius 2 is 0.479 bits per heavy atom. The van der Waals surface area contributed by atoms with E-state index in [1.54, 1.807) is 0 Å². The minimum atomic E-state index is 0.433. The van der Waals surface area contributed by atoms with Crippen LogP contribution < -0.4 is 0 Å². The van der Waals surface area contributed by atoms with Crippen molar-refractivity contribution in [3.63, 3.8) is 0 Å². The minimum Gasteiger partial charge on any atom is -0.306 e. The minimum absolute atomic E-state index is 0.433. The molecule has 12 nitrogen and oxygen atoms in total. The van der Waals surface area contributed by atoms with Gasteiger partial charge in [0.1, 0.15) is 0 Å². The highest BCUT2D eigenvalue weighted by Crippen LogP contribution is 2.55. The van der Waals surface area contributed by atoms with Gasteiger partial charge >= 0.3 is 0 Å². The lowest BCUT2D eigenvalue weighted by Gasteiger charge is -2.31. The van der Waals surface area contributed by atoms with Crippen LogP contribution in [-0.2, 0) is 0 Å². The molecule has 0 radical (unpaired) electrons. The molecule has 9 aromatic carbocycles. The van der Waals surface area contributed by atoms with E-state index in [0.717, 1.165) is 160 Å². The van der Waals surface area contributed by atoms with Gasteiger partial charge < -0.3 is 18.3 Å². The average molecular weight is 1200 g/mol. The number of benzene rings is 9. The van der Waals surface area contributed by atoms with E-state index in [1.807, 2.05) is 86.0 Å². The number of aromatic nitrogens is 12. The van der Waals surface area contributed by atoms with Crippen molar-refractivity contribution in [3.05, 3.63) is 304 Å². The van der Waals surface area contributed by atoms with Crippen molar-refractivity contribution in [2.24, 2.45) is 0 Å². The average Bonchev–Trinajstić information content (AvgIpc) is 1.39. The Morgan fingerprint density at radius 1 is 0.202 bits per heavy atom. The largest absolute Gasteiger partial charge is 0.306 e. The second kappa shape index (κ2) is 21.3. The summed E-state index contributed by atoms with van der Waals surface area (Å²) in [6, 6.07) is 89.4. The molecule has 0 amide bonds. The van der Waals surface area contributed by atoms with Crippen molar-refractivity contribution in [1.82, 2.24) is 58.1 Å². The second-order valence-corrected chi connectivity index (χ2v) is 23.5. The van der Waals surface area contributed by atoms with E-state index in [0.29, 0.717) is 17.5 Å². The van der Waals surface area contributed by atoms with Crippen LogP contribution in [0.15, 0.2) is 304 Å². The number of para-hydroxylation sites is 4. The molecule has 0 saturated carbocycles. The maximum absolute atomic E-state index is 5.95. The van der Waals surface area contributed by atoms with Crippen molar-refractivity contribution in [3.8, 4) is 90.6 Å². The molecule has 0 N–H and O–H groups in total. The zero-order valence-electron chi connectivity index (χ0n) is 50.2. The summed E-state index contributed by atoms with van der Waals surface area (Å²) < 4.78 is 9.89. The number of hydrogen-bond donors (Lipinski definition) is 0. The molecule has 0 saturated heterocycles. The normalized spacial score (nSPS) is 11.8. The van der Waals surface area contributed by atoms with Gasteiger partial charge in [-0.3, -0.25) is 19.9 Å². The van der Waals surface area contributed by atoms with Crippen molar-refractivity contribution in [2.45, 2.75) is 0 Å². The van der Waals surface area contributed by atoms with Crippen molar-refractivity contribution in [1.29, 1.82) is 0 Å². The monoisotopic (exact) mass is 1200 g/mol. The highest BCUT2D eigenvalue weighted by atomic mass is 15.2. The summed E-state index contributed by atoms with van der Waals surface area (Å²) in [4.78, 5) is 42.5. The third-order valence-corrected chi connectivity index (χ3v) is 18.4. The molecule has 438 valence electrons. The predicted octanol–water partition coefficient (Wildman–Crippen LogP) is 19.2. The summed E-state index contributed by atoms with van der Waals surface area (Å²) in [6.07, 6.45) is 15.6. The zero-order chi connectivity index (χ0) is 61.8. The summed E-state index contributed by atoms with van der Waals surface area (Å²) in [5.74, 6) is 1.44. The van der Waals surface area contributed by atoms with Crippen LogP contribution >= 0.6 is 0 Å². The Labute approximate surface area is 537 Å². The fourth-order valence-corrected chi connectivity index (χ4v) is 14.4. The molecule has 0 aliphatic rings. The predicted molar refractivity (Wildman–Crippen MR) is 379 cm³/mol. The summed E-state index contributed by atoms with van der Waals surface area (Å²) >= 11 is 0. The van der Waals surface area contributed by atoms with Gasteiger partial charge in [0.15, 0.2) is 17.5 Å². The lowest BCUT2D eigenvalue weighted by atomic mass is 9.90. The quantitative estimate of drug-likeness (QED) is 0.133. The summed E-state index contributed by atoms with van der Waals surface area (Å²) in [5.41, 5.74) is 18.4. The van der Waals surface area contributed by atoms with Gasteiger partial charge in [-0.15, -0.1) is 0 Å². The Bertz CT molecular complexity index is 5520. The maximum Gasteiger partial charge on any atom is 0.166 e. The van der Waals surface area contributed by atoms with Gasteiger partial charge in [-0.25, -0.2) is 19.9 Å². The van der Waals surface area contributed by atoms with Gasteiger partial charge in [0.05, 0.1) is 83.8 Å². The third kappa shape index (κ3) is 8.12. The first-order chi connectivity index (χ1) is 46.7. The molecular formula is C82H50N12. The number of rotatable bonds is 10. The van der Waals surface area contributed by atoms with Crippen LogP contribution in [0.25, 0.3) is 178 Å². The van der Waals surface area contributed by atoms with Crippen molar-refractivity contribution >= 4 is 87.2 Å². The third-order valence-electron chi connectivity index (χ3n) is 18.4. The molecule has 10 heterocycles. The molecule has 0 spiro atoms. The molecule has 0 aliphatic heterocycles. The molecule has 0 aliphatic carbocycles. The zero-order valence-corrected chi connectivity index (χ0v) is 50.2. The van der Waals surface area contributed by atoms with E-state index in [-0.39, 0.29) is 0 Å². The van der Waals surface area contributed by atoms with E-state index in [2.05, 4.69) is 237 Å². The van der Waals surface area contributed by atoms with Gasteiger partial charge in [0, 0.05) is 120 Å². The molecule has 94 heavy (non-hydrogen) atoms. The van der Waals surface area contributed by atoms with Crippen molar-refractivity contribution in [2.75, 3.05) is 0 Å². The van der Waals surface area contributed by atoms with E-state index in [9.17, 15) is 0 Å².